The van der Waals surface area contributed by atoms with Crippen LogP contribution in [0.3, 0.4) is 0 Å². The number of methoxy groups -OCH3 is 1. The Morgan fingerprint density at radius 1 is 0.829 bits per heavy atom. The van der Waals surface area contributed by atoms with Crippen LogP contribution in [-0.2, 0) is 54.5 Å². The minimum atomic E-state index is -0.967. The van der Waals surface area contributed by atoms with E-state index < -0.39 is 66.3 Å². The molecule has 30 nitrogen and oxygen atoms in total. The van der Waals surface area contributed by atoms with Crippen molar-refractivity contribution in [1.29, 1.82) is 0 Å². The highest BCUT2D eigenvalue weighted by molar-refractivity contribution is 6.13. The van der Waals surface area contributed by atoms with E-state index in [1.54, 1.807) is 92.7 Å². The van der Waals surface area contributed by atoms with Crippen molar-refractivity contribution in [3.05, 3.63) is 95.7 Å². The summed E-state index contributed by atoms with van der Waals surface area (Å²) in [6.45, 7) is 13.3. The number of benzene rings is 3. The first-order valence-electron chi connectivity index (χ1n) is 36.2. The number of hydrogen-bond acceptors (Lipinski definition) is 20. The summed E-state index contributed by atoms with van der Waals surface area (Å²) < 4.78 is 17.5. The van der Waals surface area contributed by atoms with Crippen molar-refractivity contribution < 1.29 is 76.5 Å². The van der Waals surface area contributed by atoms with Crippen LogP contribution in [0.15, 0.2) is 73.4 Å². The van der Waals surface area contributed by atoms with E-state index in [4.69, 9.17) is 24.9 Å². The zero-order chi connectivity index (χ0) is 76.0. The largest absolute Gasteiger partial charge is 0.495 e. The Labute approximate surface area is 611 Å². The van der Waals surface area contributed by atoms with Crippen molar-refractivity contribution in [1.82, 2.24) is 45.9 Å². The lowest BCUT2D eigenvalue weighted by molar-refractivity contribution is -0.139. The molecule has 1 unspecified atom stereocenters. The van der Waals surface area contributed by atoms with Crippen LogP contribution in [0.5, 0.6) is 11.5 Å². The molecule has 0 spiro atoms. The molecule has 1 aliphatic carbocycles. The number of nitrogens with zero attached hydrogens (tertiary/aromatic N) is 7. The van der Waals surface area contributed by atoms with Crippen molar-refractivity contribution in [3.63, 3.8) is 0 Å². The number of carbonyl (C=O) groups is 13. The van der Waals surface area contributed by atoms with Gasteiger partial charge in [0, 0.05) is 107 Å². The first-order chi connectivity index (χ1) is 50.4. The van der Waals surface area contributed by atoms with Crippen LogP contribution >= 0.6 is 0 Å². The summed E-state index contributed by atoms with van der Waals surface area (Å²) in [6.07, 6.45) is 8.03. The van der Waals surface area contributed by atoms with E-state index in [9.17, 15) is 62.3 Å². The van der Waals surface area contributed by atoms with E-state index in [2.05, 4.69) is 48.4 Å². The number of anilines is 5. The van der Waals surface area contributed by atoms with Gasteiger partial charge in [0.25, 0.3) is 11.8 Å². The van der Waals surface area contributed by atoms with Crippen molar-refractivity contribution in [2.45, 2.75) is 181 Å². The molecule has 4 aromatic rings. The first-order valence-corrected chi connectivity index (χ1v) is 36.2. The van der Waals surface area contributed by atoms with E-state index in [1.165, 1.54) is 21.8 Å². The van der Waals surface area contributed by atoms with Crippen LogP contribution < -0.4 is 56.9 Å². The highest BCUT2D eigenvalue weighted by Gasteiger charge is 2.44. The number of hydrogen-bond donors (Lipinski definition) is 7. The maximum atomic E-state index is 14.1. The normalized spacial score (nSPS) is 16.9. The number of ether oxygens (including phenoxy) is 3. The molecule has 0 bridgehead atoms. The molecule has 9 rings (SSSR count). The summed E-state index contributed by atoms with van der Waals surface area (Å²) >= 11 is 0. The molecule has 3 fully saturated rings. The molecule has 4 aliphatic heterocycles. The van der Waals surface area contributed by atoms with Gasteiger partial charge < -0.3 is 61.2 Å². The highest BCUT2D eigenvalue weighted by Crippen LogP contribution is 2.42. The van der Waals surface area contributed by atoms with Crippen molar-refractivity contribution in [2.24, 2.45) is 17.6 Å². The average molecular weight is 1450 g/mol. The van der Waals surface area contributed by atoms with E-state index >= 15 is 0 Å². The quantitative estimate of drug-likeness (QED) is 0.0170. The molecule has 8 N–H and O–H groups in total. The van der Waals surface area contributed by atoms with Gasteiger partial charge >= 0.3 is 12.1 Å². The number of piperidine rings is 1. The van der Waals surface area contributed by atoms with E-state index in [0.29, 0.717) is 78.4 Å². The van der Waals surface area contributed by atoms with Gasteiger partial charge in [-0.25, -0.2) is 14.6 Å². The molecule has 2 saturated heterocycles. The number of ketones is 2. The third-order valence-electron chi connectivity index (χ3n) is 19.1. The summed E-state index contributed by atoms with van der Waals surface area (Å²) in [4.78, 5) is 187. The van der Waals surface area contributed by atoms with Crippen molar-refractivity contribution >= 4 is 111 Å². The summed E-state index contributed by atoms with van der Waals surface area (Å²) in [7, 11) is 3.18. The zero-order valence-corrected chi connectivity index (χ0v) is 60.9. The number of Topliss-reactive ketones (excluding diaryl/α,β-unsaturated/α-hetero) is 2. The molecule has 105 heavy (non-hydrogen) atoms. The van der Waals surface area contributed by atoms with E-state index in [1.807, 2.05) is 20.8 Å². The van der Waals surface area contributed by atoms with Crippen molar-refractivity contribution in [3.8, 4) is 11.5 Å². The number of urea groups is 1. The smallest absolute Gasteiger partial charge is 0.410 e. The second-order valence-electron chi connectivity index (χ2n) is 26.6. The number of fused-ring (bicyclic) bond motifs is 2. The third kappa shape index (κ3) is 20.8. The Hall–Kier alpha value is -10.8. The number of carbonyl (C=O) groups excluding carboxylic acids is 13. The Kier molecular flexibility index (Phi) is 29.0. The van der Waals surface area contributed by atoms with Crippen LogP contribution in [0.4, 0.5) is 38.4 Å². The molecular formula is C75H98N14O16. The molecule has 12 amide bonds. The number of imide groups is 2. The number of amides is 12. The molecular weight excluding hydrogens is 1350 g/mol. The van der Waals surface area contributed by atoms with Crippen LogP contribution in [0.25, 0.3) is 5.70 Å². The van der Waals surface area contributed by atoms with Gasteiger partial charge in [-0.1, -0.05) is 78.7 Å². The van der Waals surface area contributed by atoms with Gasteiger partial charge in [0.2, 0.25) is 47.3 Å². The molecule has 1 saturated carbocycles. The van der Waals surface area contributed by atoms with E-state index in [-0.39, 0.29) is 172 Å². The number of likely N-dealkylation sites (tertiary alicyclic amines) is 1. The Balaban J connectivity index is 0.00000691. The number of unbranched alkanes of at least 4 members (excludes halogenated alkanes) is 2. The van der Waals surface area contributed by atoms with Crippen LogP contribution in [0.1, 0.15) is 182 Å². The second kappa shape index (κ2) is 38.1. The number of primary amides is 1. The first kappa shape index (κ1) is 79.9. The number of likely N-dealkylation sites (N-methyl/N-ethyl adjacent to an activating group) is 1. The Morgan fingerprint density at radius 3 is 2.25 bits per heavy atom. The molecule has 564 valence electrons. The lowest BCUT2D eigenvalue weighted by Crippen LogP contribution is -2.55. The number of nitrogens with one attached hydrogen (secondary N) is 6. The van der Waals surface area contributed by atoms with Gasteiger partial charge in [-0.05, 0) is 112 Å². The predicted molar refractivity (Wildman–Crippen MR) is 390 cm³/mol. The average Bonchev–Trinajstić information content (AvgIpc) is 1.75. The summed E-state index contributed by atoms with van der Waals surface area (Å²) in [5, 5.41) is 16.5. The topological polar surface area (TPSA) is 390 Å². The molecule has 5 aliphatic rings. The molecule has 1 aromatic heterocycles. The second-order valence-corrected chi connectivity index (χ2v) is 26.6. The Bertz CT molecular complexity index is 3880. The minimum Gasteiger partial charge on any atom is -0.495 e. The monoisotopic (exact) mass is 1450 g/mol. The SMILES string of the molecule is C=C1c2c(OCC(=O)CCCN(CCNC(=O)c3ccc(Nc4ncc5c(n4)N(C4CCCC4)[C@H](CC)C(=O)N5C)c(OC)c3)C(=O)OCc3ccc(NC(=O)[C@H](CCCNC(N)=O)CC(=O)[C@@H](NC(=O)CCCCCN4C(=O)CCC4=O)C(C)C)cc3)cccc2C(=O)N1C1CCC(=O)NC1=O.CC. The lowest BCUT2D eigenvalue weighted by Gasteiger charge is -2.43. The maximum absolute atomic E-state index is 14.1. The fraction of sp³-hybridized carbons (Fsp3) is 0.507. The maximum Gasteiger partial charge on any atom is 0.410 e. The van der Waals surface area contributed by atoms with Gasteiger partial charge in [0.15, 0.2) is 17.4 Å². The van der Waals surface area contributed by atoms with Gasteiger partial charge in [0.05, 0.1) is 36.2 Å². The highest BCUT2D eigenvalue weighted by atomic mass is 16.6. The third-order valence-corrected chi connectivity index (χ3v) is 19.1. The van der Waals surface area contributed by atoms with Gasteiger partial charge in [-0.2, -0.15) is 4.98 Å². The Morgan fingerprint density at radius 2 is 1.56 bits per heavy atom. The van der Waals surface area contributed by atoms with Crippen LogP contribution in [0, 0.1) is 11.8 Å². The fourth-order valence-electron chi connectivity index (χ4n) is 13.5. The predicted octanol–water partition coefficient (Wildman–Crippen LogP) is 7.60. The minimum absolute atomic E-state index is 0.00921. The fourth-order valence-corrected chi connectivity index (χ4v) is 13.5. The van der Waals surface area contributed by atoms with Crippen LogP contribution in [-0.4, -0.2) is 179 Å². The van der Waals surface area contributed by atoms with Crippen LogP contribution in [0.2, 0.25) is 0 Å². The number of aromatic nitrogens is 2. The van der Waals surface area contributed by atoms with E-state index in [0.717, 1.165) is 25.7 Å². The number of rotatable bonds is 36. The molecule has 5 heterocycles. The summed E-state index contributed by atoms with van der Waals surface area (Å²) in [5.74, 6) is -3.85. The summed E-state index contributed by atoms with van der Waals surface area (Å²) in [5.41, 5.74) is 8.17. The number of nitrogens with two attached hydrogens (primary N) is 1. The zero-order valence-electron chi connectivity index (χ0n) is 60.9. The molecule has 30 heteroatoms. The molecule has 4 atom stereocenters. The standard InChI is InChI=1S/C73H92N14O16.C2H6/c1-7-53-70(98)83(5)55-40-77-72(82-65(55)87(53)49-17-10-11-18-49)79-52-28-25-47(39-58(52)101-6)66(94)75-34-37-84(35-15-19-50(88)42-102-57-21-13-20-51-63(57)44(4)86(69(51)97)54-29-30-60(91)81-68(54)96)73(100)103-41-45-23-26-48(27-24-45)78-67(95)46(16-14-33-76-71(74)99)38-56(89)64(43(2)3)80-59(90)22-9-8-12-36-85-61(92)31-32-62(85)93;1-2/h13,20-21,23-28,39-40,43,46,49,53-54,64H,4,7-12,14-19,22,29-38,41-42H2,1-3,5-6H3,(H,75,94)(H,78,95)(H,80,90)(H3,74,76,99)(H,77,79,82)(H,81,91,96);1-2H3/t46-,53-,54?,64+;/m1./s1. The van der Waals surface area contributed by atoms with Gasteiger partial charge in [-0.15, -0.1) is 0 Å². The lowest BCUT2D eigenvalue weighted by atomic mass is 9.89. The molecule has 3 aromatic carbocycles. The summed E-state index contributed by atoms with van der Waals surface area (Å²) in [6, 6.07) is 13.1. The van der Waals surface area contributed by atoms with Gasteiger partial charge in [0.1, 0.15) is 42.5 Å². The molecule has 0 radical (unpaired) electrons. The van der Waals surface area contributed by atoms with Crippen molar-refractivity contribution in [2.75, 3.05) is 73.9 Å². The van der Waals surface area contributed by atoms with Gasteiger partial charge in [-0.3, -0.25) is 67.9 Å².